The van der Waals surface area contributed by atoms with Crippen LogP contribution in [0.4, 0.5) is 0 Å². The Morgan fingerprint density at radius 1 is 1.00 bits per heavy atom. The first-order valence-electron chi connectivity index (χ1n) is 7.52. The van der Waals surface area contributed by atoms with Crippen LogP contribution in [-0.4, -0.2) is 17.9 Å². The molecule has 0 aromatic heterocycles. The SMILES string of the molecule is CCP1(=O)OC2CCCCC2C2CCCCC21. The lowest BCUT2D eigenvalue weighted by molar-refractivity contribution is 0.0175. The fraction of sp³-hybridized carbons (Fsp3) is 1.00. The number of hydrogen-bond acceptors (Lipinski definition) is 2. The summed E-state index contributed by atoms with van der Waals surface area (Å²) in [6.45, 7) is 2.07. The zero-order valence-electron chi connectivity index (χ0n) is 10.9. The van der Waals surface area contributed by atoms with E-state index >= 15 is 0 Å². The molecule has 0 amide bonds. The van der Waals surface area contributed by atoms with Gasteiger partial charge in [0.25, 0.3) is 0 Å². The Labute approximate surface area is 105 Å². The fourth-order valence-electron chi connectivity index (χ4n) is 4.49. The van der Waals surface area contributed by atoms with E-state index in [1.165, 1.54) is 44.9 Å². The van der Waals surface area contributed by atoms with Gasteiger partial charge in [-0.05, 0) is 37.5 Å². The first-order chi connectivity index (χ1) is 8.24. The van der Waals surface area contributed by atoms with E-state index in [1.54, 1.807) is 0 Å². The third-order valence-electron chi connectivity index (χ3n) is 5.35. The molecule has 3 aliphatic rings. The van der Waals surface area contributed by atoms with Gasteiger partial charge in [0.15, 0.2) is 0 Å². The van der Waals surface area contributed by atoms with Crippen LogP contribution in [0.25, 0.3) is 0 Å². The van der Waals surface area contributed by atoms with E-state index in [0.29, 0.717) is 11.8 Å². The highest BCUT2D eigenvalue weighted by Crippen LogP contribution is 2.65. The van der Waals surface area contributed by atoms with Crippen molar-refractivity contribution in [2.45, 2.75) is 70.1 Å². The third kappa shape index (κ3) is 2.02. The summed E-state index contributed by atoms with van der Waals surface area (Å²) in [5, 5.41) is 0. The Bertz CT molecular complexity index is 328. The highest BCUT2D eigenvalue weighted by atomic mass is 31.2. The van der Waals surface area contributed by atoms with Crippen LogP contribution >= 0.6 is 7.37 Å². The molecule has 2 nitrogen and oxygen atoms in total. The molecule has 3 fully saturated rings. The van der Waals surface area contributed by atoms with E-state index in [4.69, 9.17) is 4.52 Å². The van der Waals surface area contributed by atoms with Crippen molar-refractivity contribution in [2.24, 2.45) is 11.8 Å². The van der Waals surface area contributed by atoms with E-state index < -0.39 is 7.37 Å². The molecule has 5 atom stereocenters. The van der Waals surface area contributed by atoms with Crippen molar-refractivity contribution in [3.8, 4) is 0 Å². The molecule has 1 saturated heterocycles. The summed E-state index contributed by atoms with van der Waals surface area (Å²) < 4.78 is 19.2. The van der Waals surface area contributed by atoms with Crippen molar-refractivity contribution in [3.63, 3.8) is 0 Å². The maximum absolute atomic E-state index is 13.0. The Morgan fingerprint density at radius 2 is 1.65 bits per heavy atom. The molecule has 98 valence electrons. The van der Waals surface area contributed by atoms with Crippen molar-refractivity contribution < 1.29 is 9.09 Å². The smallest absolute Gasteiger partial charge is 0.206 e. The molecule has 1 heterocycles. The molecule has 3 heteroatoms. The predicted molar refractivity (Wildman–Crippen MR) is 70.7 cm³/mol. The van der Waals surface area contributed by atoms with Gasteiger partial charge in [-0.25, -0.2) is 0 Å². The average molecular weight is 256 g/mol. The molecule has 2 aliphatic carbocycles. The van der Waals surface area contributed by atoms with Crippen LogP contribution in [0.2, 0.25) is 0 Å². The third-order valence-corrected chi connectivity index (χ3v) is 8.51. The first kappa shape index (κ1) is 12.2. The monoisotopic (exact) mass is 256 g/mol. The van der Waals surface area contributed by atoms with Crippen molar-refractivity contribution in [2.75, 3.05) is 6.16 Å². The number of fused-ring (bicyclic) bond motifs is 3. The standard InChI is InChI=1S/C14H25O2P/c1-2-17(15)14-10-6-4-8-12(14)11-7-3-5-9-13(11)16-17/h11-14H,2-10H2,1H3. The molecular weight excluding hydrogens is 231 g/mol. The largest absolute Gasteiger partial charge is 0.325 e. The van der Waals surface area contributed by atoms with E-state index in [-0.39, 0.29) is 0 Å². The molecule has 1 aliphatic heterocycles. The zero-order chi connectivity index (χ0) is 11.9. The molecule has 17 heavy (non-hydrogen) atoms. The predicted octanol–water partition coefficient (Wildman–Crippen LogP) is 4.43. The lowest BCUT2D eigenvalue weighted by Gasteiger charge is -2.50. The molecule has 0 spiro atoms. The van der Waals surface area contributed by atoms with Gasteiger partial charge in [-0.15, -0.1) is 0 Å². The molecular formula is C14H25O2P. The van der Waals surface area contributed by atoms with Crippen LogP contribution in [0, 0.1) is 11.8 Å². The maximum atomic E-state index is 13.0. The summed E-state index contributed by atoms with van der Waals surface area (Å²) >= 11 is 0. The van der Waals surface area contributed by atoms with Crippen molar-refractivity contribution in [1.29, 1.82) is 0 Å². The summed E-state index contributed by atoms with van der Waals surface area (Å²) in [6, 6.07) is 0. The van der Waals surface area contributed by atoms with Gasteiger partial charge in [0.2, 0.25) is 7.37 Å². The summed E-state index contributed by atoms with van der Waals surface area (Å²) in [6.07, 6.45) is 11.4. The second kappa shape index (κ2) is 4.70. The Balaban J connectivity index is 1.89. The molecule has 0 radical (unpaired) electrons. The van der Waals surface area contributed by atoms with Gasteiger partial charge in [-0.3, -0.25) is 4.57 Å². The lowest BCUT2D eigenvalue weighted by Crippen LogP contribution is -2.45. The van der Waals surface area contributed by atoms with E-state index in [9.17, 15) is 4.57 Å². The molecule has 3 rings (SSSR count). The summed E-state index contributed by atoms with van der Waals surface area (Å²) in [4.78, 5) is 0. The van der Waals surface area contributed by atoms with Gasteiger partial charge in [0, 0.05) is 11.8 Å². The summed E-state index contributed by atoms with van der Waals surface area (Å²) in [7, 11) is -2.32. The van der Waals surface area contributed by atoms with E-state index in [0.717, 1.165) is 24.4 Å². The zero-order valence-corrected chi connectivity index (χ0v) is 11.8. The van der Waals surface area contributed by atoms with Gasteiger partial charge >= 0.3 is 0 Å². The van der Waals surface area contributed by atoms with Crippen LogP contribution in [0.5, 0.6) is 0 Å². The molecule has 0 bridgehead atoms. The van der Waals surface area contributed by atoms with Crippen LogP contribution < -0.4 is 0 Å². The van der Waals surface area contributed by atoms with Crippen molar-refractivity contribution in [1.82, 2.24) is 0 Å². The summed E-state index contributed by atoms with van der Waals surface area (Å²) in [5.41, 5.74) is 0.417. The number of rotatable bonds is 1. The minimum atomic E-state index is -2.32. The van der Waals surface area contributed by atoms with Crippen LogP contribution in [0.15, 0.2) is 0 Å². The minimum Gasteiger partial charge on any atom is -0.325 e. The highest BCUT2D eigenvalue weighted by Gasteiger charge is 2.51. The van der Waals surface area contributed by atoms with Crippen molar-refractivity contribution >= 4 is 7.37 Å². The van der Waals surface area contributed by atoms with Gasteiger partial charge in [0.05, 0.1) is 6.10 Å². The molecule has 0 aromatic rings. The van der Waals surface area contributed by atoms with Gasteiger partial charge in [-0.1, -0.05) is 32.6 Å². The Morgan fingerprint density at radius 3 is 2.41 bits per heavy atom. The van der Waals surface area contributed by atoms with E-state index in [1.807, 2.05) is 0 Å². The van der Waals surface area contributed by atoms with Gasteiger partial charge < -0.3 is 4.52 Å². The molecule has 0 N–H and O–H groups in total. The second-order valence-corrected chi connectivity index (χ2v) is 9.11. The maximum Gasteiger partial charge on any atom is 0.206 e. The topological polar surface area (TPSA) is 26.3 Å². The molecule has 2 saturated carbocycles. The lowest BCUT2D eigenvalue weighted by atomic mass is 9.71. The average Bonchev–Trinajstić information content (AvgIpc) is 2.39. The molecule has 0 aromatic carbocycles. The van der Waals surface area contributed by atoms with Crippen LogP contribution in [0.3, 0.4) is 0 Å². The van der Waals surface area contributed by atoms with Gasteiger partial charge in [-0.2, -0.15) is 0 Å². The first-order valence-corrected chi connectivity index (χ1v) is 9.39. The quantitative estimate of drug-likeness (QED) is 0.649. The minimum absolute atomic E-state index is 0.342. The van der Waals surface area contributed by atoms with Gasteiger partial charge in [0.1, 0.15) is 0 Å². The van der Waals surface area contributed by atoms with E-state index in [2.05, 4.69) is 6.92 Å². The Hall–Kier alpha value is 0.190. The second-order valence-electron chi connectivity index (χ2n) is 6.15. The normalized spacial score (nSPS) is 50.4. The number of hydrogen-bond donors (Lipinski definition) is 0. The Kier molecular flexibility index (Phi) is 3.38. The highest BCUT2D eigenvalue weighted by molar-refractivity contribution is 7.59. The van der Waals surface area contributed by atoms with Crippen LogP contribution in [-0.2, 0) is 9.09 Å². The van der Waals surface area contributed by atoms with Crippen molar-refractivity contribution in [3.05, 3.63) is 0 Å². The fourth-order valence-corrected chi connectivity index (χ4v) is 7.51. The molecule has 5 unspecified atom stereocenters. The van der Waals surface area contributed by atoms with Crippen LogP contribution in [0.1, 0.15) is 58.3 Å². The summed E-state index contributed by atoms with van der Waals surface area (Å²) in [5.74, 6) is 1.47.